The molecule has 0 unspecified atom stereocenters. The van der Waals surface area contributed by atoms with Crippen LogP contribution in [0, 0.1) is 0 Å². The van der Waals surface area contributed by atoms with Crippen LogP contribution in [0.25, 0.3) is 0 Å². The average Bonchev–Trinajstić information content (AvgIpc) is 2.20. The molecule has 0 rings (SSSR count). The fourth-order valence-electron chi connectivity index (χ4n) is 0.848. The van der Waals surface area contributed by atoms with Crippen molar-refractivity contribution in [2.24, 2.45) is 0 Å². The first kappa shape index (κ1) is 13.9. The number of hydrogen-bond acceptors (Lipinski definition) is 3. The van der Waals surface area contributed by atoms with Gasteiger partial charge in [0, 0.05) is 18.7 Å². The lowest BCUT2D eigenvalue weighted by atomic mass is 10.2. The van der Waals surface area contributed by atoms with Gasteiger partial charge in [0.25, 0.3) is 0 Å². The van der Waals surface area contributed by atoms with Crippen LogP contribution < -0.4 is 5.32 Å². The van der Waals surface area contributed by atoms with E-state index < -0.39 is 5.97 Å². The van der Waals surface area contributed by atoms with Gasteiger partial charge in [-0.1, -0.05) is 0 Å². The van der Waals surface area contributed by atoms with E-state index in [-0.39, 0.29) is 37.5 Å². The van der Waals surface area contributed by atoms with E-state index in [1.807, 2.05) is 0 Å². The highest BCUT2D eigenvalue weighted by molar-refractivity contribution is 6.17. The molecule has 0 atom stereocenters. The normalized spacial score (nSPS) is 9.67. The van der Waals surface area contributed by atoms with E-state index in [0.29, 0.717) is 12.3 Å². The number of nitrogens with one attached hydrogen (secondary N) is 1. The van der Waals surface area contributed by atoms with Crippen molar-refractivity contribution in [3.8, 4) is 0 Å². The number of rotatable bonds is 8. The molecule has 0 fully saturated rings. The number of Topliss-reactive ketones (excluding diaryl/α,β-unsaturated/α-hetero) is 1. The van der Waals surface area contributed by atoms with E-state index in [9.17, 15) is 14.4 Å². The molecule has 0 aliphatic heterocycles. The van der Waals surface area contributed by atoms with Gasteiger partial charge in [0.1, 0.15) is 0 Å². The lowest BCUT2D eigenvalue weighted by molar-refractivity contribution is -0.138. The smallest absolute Gasteiger partial charge is 0.303 e. The van der Waals surface area contributed by atoms with Gasteiger partial charge >= 0.3 is 5.97 Å². The molecule has 86 valence electrons. The van der Waals surface area contributed by atoms with Crippen molar-refractivity contribution >= 4 is 29.3 Å². The summed E-state index contributed by atoms with van der Waals surface area (Å²) in [5.74, 6) is -1.13. The Hall–Kier alpha value is -1.10. The summed E-state index contributed by atoms with van der Waals surface area (Å²) in [4.78, 5) is 32.2. The summed E-state index contributed by atoms with van der Waals surface area (Å²) in [6.07, 6.45) is 0.605. The topological polar surface area (TPSA) is 83.5 Å². The molecule has 0 aromatic carbocycles. The van der Waals surface area contributed by atoms with Crippen LogP contribution in [0.15, 0.2) is 0 Å². The van der Waals surface area contributed by atoms with Crippen molar-refractivity contribution in [1.29, 1.82) is 0 Å². The Kier molecular flexibility index (Phi) is 7.62. The maximum atomic E-state index is 11.0. The Morgan fingerprint density at radius 3 is 2.33 bits per heavy atom. The fraction of sp³-hybridized carbons (Fsp3) is 0.667. The Labute approximate surface area is 92.8 Å². The Morgan fingerprint density at radius 2 is 1.80 bits per heavy atom. The van der Waals surface area contributed by atoms with Gasteiger partial charge in [-0.25, -0.2) is 0 Å². The van der Waals surface area contributed by atoms with Crippen LogP contribution in [0.1, 0.15) is 25.7 Å². The van der Waals surface area contributed by atoms with Crippen molar-refractivity contribution in [2.45, 2.75) is 25.7 Å². The van der Waals surface area contributed by atoms with Crippen molar-refractivity contribution < 1.29 is 19.5 Å². The van der Waals surface area contributed by atoms with Gasteiger partial charge in [-0.2, -0.15) is 0 Å². The number of carboxylic acid groups (broad SMARTS) is 1. The number of halogens is 1. The molecule has 15 heavy (non-hydrogen) atoms. The first-order chi connectivity index (χ1) is 7.06. The van der Waals surface area contributed by atoms with E-state index in [2.05, 4.69) is 5.32 Å². The molecule has 0 aromatic heterocycles. The first-order valence-corrected chi connectivity index (χ1v) is 5.16. The van der Waals surface area contributed by atoms with Crippen LogP contribution in [0.2, 0.25) is 0 Å². The van der Waals surface area contributed by atoms with Crippen LogP contribution in [-0.2, 0) is 14.4 Å². The molecule has 6 heteroatoms. The number of alkyl halides is 1. The van der Waals surface area contributed by atoms with E-state index >= 15 is 0 Å². The van der Waals surface area contributed by atoms with Gasteiger partial charge in [-0.05, 0) is 6.42 Å². The highest BCUT2D eigenvalue weighted by Crippen LogP contribution is 1.93. The number of carbonyl (C=O) groups is 3. The Bertz CT molecular complexity index is 242. The second kappa shape index (κ2) is 8.23. The van der Waals surface area contributed by atoms with Crippen molar-refractivity contribution in [2.75, 3.05) is 12.4 Å². The maximum absolute atomic E-state index is 11.0. The molecule has 0 aliphatic rings. The van der Waals surface area contributed by atoms with Crippen LogP contribution in [-0.4, -0.2) is 35.2 Å². The molecule has 0 spiro atoms. The summed E-state index contributed by atoms with van der Waals surface area (Å²) in [6, 6.07) is 0. The minimum atomic E-state index is -1.02. The number of aliphatic carboxylic acids is 1. The molecule has 0 saturated heterocycles. The number of hydrogen-bond donors (Lipinski definition) is 2. The highest BCUT2D eigenvalue weighted by atomic mass is 35.5. The summed E-state index contributed by atoms with van der Waals surface area (Å²) in [5, 5.41) is 10.7. The molecule has 1 amide bonds. The highest BCUT2D eigenvalue weighted by Gasteiger charge is 2.07. The van der Waals surface area contributed by atoms with Gasteiger partial charge in [0.05, 0.1) is 13.0 Å². The monoisotopic (exact) mass is 235 g/mol. The number of carboxylic acids is 1. The zero-order valence-corrected chi connectivity index (χ0v) is 9.05. The standard InChI is InChI=1S/C9H14ClNO4/c10-5-1-2-8(13)11-6-7(12)3-4-9(14)15/h1-6H2,(H,11,13)(H,14,15). The second-order valence-electron chi connectivity index (χ2n) is 3.00. The van der Waals surface area contributed by atoms with Crippen LogP contribution in [0.5, 0.6) is 0 Å². The van der Waals surface area contributed by atoms with Crippen molar-refractivity contribution in [3.05, 3.63) is 0 Å². The Morgan fingerprint density at radius 1 is 1.13 bits per heavy atom. The minimum Gasteiger partial charge on any atom is -0.481 e. The lowest BCUT2D eigenvalue weighted by Crippen LogP contribution is -2.29. The van der Waals surface area contributed by atoms with Gasteiger partial charge < -0.3 is 10.4 Å². The summed E-state index contributed by atoms with van der Waals surface area (Å²) in [6.45, 7) is -0.103. The third kappa shape index (κ3) is 9.21. The average molecular weight is 236 g/mol. The van der Waals surface area contributed by atoms with Crippen LogP contribution >= 0.6 is 11.6 Å². The second-order valence-corrected chi connectivity index (χ2v) is 3.38. The predicted octanol–water partition coefficient (Wildman–Crippen LogP) is 0.555. The maximum Gasteiger partial charge on any atom is 0.303 e. The van der Waals surface area contributed by atoms with E-state index in [0.717, 1.165) is 0 Å². The third-order valence-electron chi connectivity index (χ3n) is 1.64. The third-order valence-corrected chi connectivity index (χ3v) is 1.91. The number of amides is 1. The lowest BCUT2D eigenvalue weighted by Gasteiger charge is -2.02. The van der Waals surface area contributed by atoms with Crippen LogP contribution in [0.3, 0.4) is 0 Å². The largest absolute Gasteiger partial charge is 0.481 e. The van der Waals surface area contributed by atoms with Gasteiger partial charge in [-0.15, -0.1) is 11.6 Å². The van der Waals surface area contributed by atoms with Gasteiger partial charge in [-0.3, -0.25) is 14.4 Å². The van der Waals surface area contributed by atoms with E-state index in [1.165, 1.54) is 0 Å². The van der Waals surface area contributed by atoms with Gasteiger partial charge in [0.2, 0.25) is 5.91 Å². The zero-order chi connectivity index (χ0) is 11.7. The molecule has 5 nitrogen and oxygen atoms in total. The fourth-order valence-corrected chi connectivity index (χ4v) is 0.981. The SMILES string of the molecule is O=C(O)CCC(=O)CNC(=O)CCCCl. The summed E-state index contributed by atoms with van der Waals surface area (Å²) < 4.78 is 0. The molecule has 0 aliphatic carbocycles. The molecular weight excluding hydrogens is 222 g/mol. The van der Waals surface area contributed by atoms with Crippen molar-refractivity contribution in [1.82, 2.24) is 5.32 Å². The quantitative estimate of drug-likeness (QED) is 0.602. The van der Waals surface area contributed by atoms with Crippen molar-refractivity contribution in [3.63, 3.8) is 0 Å². The summed E-state index contributed by atoms with van der Waals surface area (Å²) in [7, 11) is 0. The summed E-state index contributed by atoms with van der Waals surface area (Å²) >= 11 is 5.38. The zero-order valence-electron chi connectivity index (χ0n) is 8.29. The summed E-state index contributed by atoms with van der Waals surface area (Å²) in [5.41, 5.74) is 0. The molecule has 0 aromatic rings. The van der Waals surface area contributed by atoms with E-state index in [1.54, 1.807) is 0 Å². The molecule has 0 heterocycles. The predicted molar refractivity (Wildman–Crippen MR) is 54.8 cm³/mol. The molecule has 0 bridgehead atoms. The van der Waals surface area contributed by atoms with Gasteiger partial charge in [0.15, 0.2) is 5.78 Å². The first-order valence-electron chi connectivity index (χ1n) is 4.62. The minimum absolute atomic E-state index is 0.0505. The van der Waals surface area contributed by atoms with Crippen LogP contribution in [0.4, 0.5) is 0 Å². The molecule has 0 radical (unpaired) electrons. The van der Waals surface area contributed by atoms with E-state index in [4.69, 9.17) is 16.7 Å². The molecule has 2 N–H and O–H groups in total. The Balaban J connectivity index is 3.53. The number of carbonyl (C=O) groups excluding carboxylic acids is 2. The number of ketones is 1. The molecule has 0 saturated carbocycles. The molecular formula is C9H14ClNO4.